The van der Waals surface area contributed by atoms with Crippen LogP contribution in [-0.2, 0) is 11.3 Å². The Bertz CT molecular complexity index is 628. The molecular formula is C14H16N4O2. The van der Waals surface area contributed by atoms with E-state index in [4.69, 9.17) is 5.73 Å². The second-order valence-corrected chi connectivity index (χ2v) is 4.27. The number of esters is 1. The lowest BCUT2D eigenvalue weighted by Crippen LogP contribution is -2.09. The molecule has 0 bridgehead atoms. The van der Waals surface area contributed by atoms with Crippen LogP contribution in [0.4, 0.5) is 11.5 Å². The third kappa shape index (κ3) is 3.03. The fourth-order valence-electron chi connectivity index (χ4n) is 1.73. The van der Waals surface area contributed by atoms with E-state index in [0.29, 0.717) is 17.9 Å². The van der Waals surface area contributed by atoms with Crippen molar-refractivity contribution in [3.05, 3.63) is 47.4 Å². The highest BCUT2D eigenvalue weighted by molar-refractivity contribution is 5.95. The Morgan fingerprint density at radius 2 is 2.25 bits per heavy atom. The van der Waals surface area contributed by atoms with E-state index in [-0.39, 0.29) is 5.69 Å². The second-order valence-electron chi connectivity index (χ2n) is 4.27. The number of nitrogens with one attached hydrogen (secondary N) is 1. The number of aromatic nitrogens is 2. The molecule has 104 valence electrons. The number of aryl methyl sites for hydroxylation is 1. The van der Waals surface area contributed by atoms with E-state index in [1.807, 2.05) is 19.1 Å². The first-order chi connectivity index (χ1) is 9.61. The van der Waals surface area contributed by atoms with Crippen LogP contribution in [0.2, 0.25) is 0 Å². The number of methoxy groups -OCH3 is 1. The molecule has 0 aliphatic carbocycles. The van der Waals surface area contributed by atoms with Crippen molar-refractivity contribution in [1.82, 2.24) is 9.97 Å². The highest BCUT2D eigenvalue weighted by Gasteiger charge is 2.11. The molecule has 0 aliphatic heterocycles. The van der Waals surface area contributed by atoms with Gasteiger partial charge in [0.1, 0.15) is 5.82 Å². The summed E-state index contributed by atoms with van der Waals surface area (Å²) in [5, 5.41) is 3.11. The molecule has 0 unspecified atom stereocenters. The Kier molecular flexibility index (Phi) is 4.14. The molecule has 20 heavy (non-hydrogen) atoms. The zero-order valence-electron chi connectivity index (χ0n) is 11.4. The third-order valence-corrected chi connectivity index (χ3v) is 2.89. The summed E-state index contributed by atoms with van der Waals surface area (Å²) in [7, 11) is 1.31. The van der Waals surface area contributed by atoms with Crippen molar-refractivity contribution in [3.63, 3.8) is 0 Å². The number of pyridine rings is 2. The van der Waals surface area contributed by atoms with Gasteiger partial charge in [-0.25, -0.2) is 9.78 Å². The maximum atomic E-state index is 11.5. The summed E-state index contributed by atoms with van der Waals surface area (Å²) in [6, 6.07) is 5.44. The number of carbonyl (C=O) groups is 1. The number of hydrogen-bond acceptors (Lipinski definition) is 6. The number of nitrogens with two attached hydrogens (primary N) is 1. The maximum Gasteiger partial charge on any atom is 0.340 e. The van der Waals surface area contributed by atoms with Crippen LogP contribution in [0.25, 0.3) is 0 Å². The summed E-state index contributed by atoms with van der Waals surface area (Å²) in [5.41, 5.74) is 8.29. The third-order valence-electron chi connectivity index (χ3n) is 2.89. The molecule has 0 fully saturated rings. The smallest absolute Gasteiger partial charge is 0.340 e. The van der Waals surface area contributed by atoms with Crippen molar-refractivity contribution >= 4 is 17.5 Å². The molecule has 0 atom stereocenters. The van der Waals surface area contributed by atoms with Gasteiger partial charge in [0.05, 0.1) is 36.8 Å². The molecule has 0 spiro atoms. The van der Waals surface area contributed by atoms with Gasteiger partial charge in [0, 0.05) is 6.20 Å². The molecule has 2 aromatic heterocycles. The van der Waals surface area contributed by atoms with Crippen molar-refractivity contribution in [3.8, 4) is 0 Å². The zero-order valence-corrected chi connectivity index (χ0v) is 11.4. The molecule has 0 aliphatic rings. The molecule has 2 rings (SSSR count). The molecular weight excluding hydrogens is 256 g/mol. The number of hydrogen-bond donors (Lipinski definition) is 2. The first-order valence-corrected chi connectivity index (χ1v) is 6.10. The molecule has 0 amide bonds. The predicted molar refractivity (Wildman–Crippen MR) is 76.3 cm³/mol. The summed E-state index contributed by atoms with van der Waals surface area (Å²) < 4.78 is 4.67. The molecule has 6 heteroatoms. The topological polar surface area (TPSA) is 90.1 Å². The van der Waals surface area contributed by atoms with E-state index in [9.17, 15) is 4.79 Å². The quantitative estimate of drug-likeness (QED) is 0.824. The lowest BCUT2D eigenvalue weighted by atomic mass is 10.2. The predicted octanol–water partition coefficient (Wildman–Crippen LogP) is 1.77. The Labute approximate surface area is 117 Å². The molecule has 0 radical (unpaired) electrons. The van der Waals surface area contributed by atoms with Crippen molar-refractivity contribution in [2.24, 2.45) is 0 Å². The minimum atomic E-state index is -0.484. The van der Waals surface area contributed by atoms with Gasteiger partial charge < -0.3 is 15.8 Å². The van der Waals surface area contributed by atoms with E-state index >= 15 is 0 Å². The molecule has 2 aromatic rings. The van der Waals surface area contributed by atoms with Crippen molar-refractivity contribution in [1.29, 1.82) is 0 Å². The monoisotopic (exact) mass is 272 g/mol. The Morgan fingerprint density at radius 1 is 1.45 bits per heavy atom. The average Bonchev–Trinajstić information content (AvgIpc) is 2.47. The minimum Gasteiger partial charge on any atom is -0.465 e. The van der Waals surface area contributed by atoms with E-state index in [1.54, 1.807) is 12.3 Å². The van der Waals surface area contributed by atoms with Crippen LogP contribution in [-0.4, -0.2) is 23.0 Å². The maximum absolute atomic E-state index is 11.5. The van der Waals surface area contributed by atoms with Crippen molar-refractivity contribution < 1.29 is 9.53 Å². The van der Waals surface area contributed by atoms with E-state index in [1.165, 1.54) is 13.3 Å². The molecule has 3 N–H and O–H groups in total. The summed E-state index contributed by atoms with van der Waals surface area (Å²) in [6.45, 7) is 2.50. The van der Waals surface area contributed by atoms with Crippen LogP contribution in [0.1, 0.15) is 21.6 Å². The summed E-state index contributed by atoms with van der Waals surface area (Å²) in [5.74, 6) is 0.0617. The van der Waals surface area contributed by atoms with Gasteiger partial charge in [-0.15, -0.1) is 0 Å². The van der Waals surface area contributed by atoms with Crippen LogP contribution >= 0.6 is 0 Å². The summed E-state index contributed by atoms with van der Waals surface area (Å²) in [6.07, 6.45) is 3.17. The molecule has 0 saturated carbocycles. The van der Waals surface area contributed by atoms with Gasteiger partial charge in [-0.3, -0.25) is 4.98 Å². The Morgan fingerprint density at radius 3 is 2.95 bits per heavy atom. The van der Waals surface area contributed by atoms with Gasteiger partial charge in [-0.1, -0.05) is 6.07 Å². The van der Waals surface area contributed by atoms with Crippen LogP contribution in [0.3, 0.4) is 0 Å². The number of anilines is 2. The Hall–Kier alpha value is -2.63. The summed E-state index contributed by atoms with van der Waals surface area (Å²) >= 11 is 0. The van der Waals surface area contributed by atoms with Gasteiger partial charge >= 0.3 is 5.97 Å². The van der Waals surface area contributed by atoms with Crippen LogP contribution in [0.5, 0.6) is 0 Å². The minimum absolute atomic E-state index is 0.288. The standard InChI is InChI=1S/C14H16N4O2/c1-9-4-3-5-16-12(9)8-18-13-6-10(14(19)20-2)11(15)7-17-13/h3-7H,8,15H2,1-2H3,(H,17,18). The summed E-state index contributed by atoms with van der Waals surface area (Å²) in [4.78, 5) is 20.0. The number of nitrogen functional groups attached to an aromatic ring is 1. The molecule has 0 aromatic carbocycles. The van der Waals surface area contributed by atoms with Gasteiger partial charge in [-0.05, 0) is 24.6 Å². The Balaban J connectivity index is 2.14. The fourth-order valence-corrected chi connectivity index (χ4v) is 1.73. The lowest BCUT2D eigenvalue weighted by molar-refractivity contribution is 0.0602. The van der Waals surface area contributed by atoms with Crippen LogP contribution in [0, 0.1) is 6.92 Å². The van der Waals surface area contributed by atoms with Gasteiger partial charge in [0.15, 0.2) is 0 Å². The number of nitrogens with zero attached hydrogens (tertiary/aromatic N) is 2. The number of rotatable bonds is 4. The van der Waals surface area contributed by atoms with Crippen LogP contribution in [0.15, 0.2) is 30.6 Å². The van der Waals surface area contributed by atoms with Crippen molar-refractivity contribution in [2.45, 2.75) is 13.5 Å². The molecule has 6 nitrogen and oxygen atoms in total. The lowest BCUT2D eigenvalue weighted by Gasteiger charge is -2.09. The SMILES string of the molecule is COC(=O)c1cc(NCc2ncccc2C)ncc1N. The fraction of sp³-hybridized carbons (Fsp3) is 0.214. The number of ether oxygens (including phenoxy) is 1. The molecule has 0 saturated heterocycles. The largest absolute Gasteiger partial charge is 0.465 e. The van der Waals surface area contributed by atoms with Crippen molar-refractivity contribution in [2.75, 3.05) is 18.2 Å². The van der Waals surface area contributed by atoms with Gasteiger partial charge in [0.25, 0.3) is 0 Å². The van der Waals surface area contributed by atoms with Crippen LogP contribution < -0.4 is 11.1 Å². The van der Waals surface area contributed by atoms with E-state index in [0.717, 1.165) is 11.3 Å². The normalized spacial score (nSPS) is 10.1. The molecule has 2 heterocycles. The highest BCUT2D eigenvalue weighted by Crippen LogP contribution is 2.16. The van der Waals surface area contributed by atoms with Gasteiger partial charge in [-0.2, -0.15) is 0 Å². The van der Waals surface area contributed by atoms with E-state index in [2.05, 4.69) is 20.0 Å². The zero-order chi connectivity index (χ0) is 14.5. The average molecular weight is 272 g/mol. The van der Waals surface area contributed by atoms with E-state index < -0.39 is 5.97 Å². The van der Waals surface area contributed by atoms with Gasteiger partial charge in [0.2, 0.25) is 0 Å². The number of carbonyl (C=O) groups excluding carboxylic acids is 1. The highest BCUT2D eigenvalue weighted by atomic mass is 16.5. The second kappa shape index (κ2) is 6.01. The first-order valence-electron chi connectivity index (χ1n) is 6.10. The first kappa shape index (κ1) is 13.8.